The van der Waals surface area contributed by atoms with Crippen LogP contribution in [0.4, 0.5) is 0 Å². The third kappa shape index (κ3) is 3.36. The zero-order valence-electron chi connectivity index (χ0n) is 10.0. The zero-order valence-corrected chi connectivity index (χ0v) is 11.6. The molecule has 2 atom stereocenters. The predicted octanol–water partition coefficient (Wildman–Crippen LogP) is 4.27. The molecule has 1 fully saturated rings. The number of rotatable bonds is 6. The fourth-order valence-electron chi connectivity index (χ4n) is 2.11. The van der Waals surface area contributed by atoms with Gasteiger partial charge in [-0.2, -0.15) is 0 Å². The van der Waals surface area contributed by atoms with Gasteiger partial charge in [0.25, 0.3) is 0 Å². The lowest BCUT2D eigenvalue weighted by atomic mass is 10.1. The summed E-state index contributed by atoms with van der Waals surface area (Å²) in [6, 6.07) is 4.92. The van der Waals surface area contributed by atoms with E-state index < -0.39 is 0 Å². The maximum atomic E-state index is 5.57. The maximum Gasteiger partial charge on any atom is 0.169 e. The van der Waals surface area contributed by atoms with Crippen LogP contribution in [0, 0.1) is 5.92 Å². The van der Waals surface area contributed by atoms with Gasteiger partial charge in [-0.3, -0.25) is 0 Å². The average molecular weight is 286 g/mol. The Morgan fingerprint density at radius 2 is 2.25 bits per heavy atom. The third-order valence-electron chi connectivity index (χ3n) is 3.31. The standard InChI is InChI=1S/C13H20BrNO/c1-3-11(8-10-4-5-10)15-9(2)12-6-7-13(14)16-12/h6-7,9-11,15H,3-5,8H2,1-2H3. The van der Waals surface area contributed by atoms with Crippen molar-refractivity contribution in [1.29, 1.82) is 0 Å². The number of hydrogen-bond donors (Lipinski definition) is 1. The van der Waals surface area contributed by atoms with Crippen LogP contribution in [0.5, 0.6) is 0 Å². The van der Waals surface area contributed by atoms with Crippen LogP contribution in [0.15, 0.2) is 21.2 Å². The van der Waals surface area contributed by atoms with Crippen LogP contribution in [0.2, 0.25) is 0 Å². The van der Waals surface area contributed by atoms with E-state index in [9.17, 15) is 0 Å². The molecule has 0 bridgehead atoms. The summed E-state index contributed by atoms with van der Waals surface area (Å²) >= 11 is 3.34. The van der Waals surface area contributed by atoms with Gasteiger partial charge in [0.15, 0.2) is 4.67 Å². The quantitative estimate of drug-likeness (QED) is 0.844. The lowest BCUT2D eigenvalue weighted by Gasteiger charge is -2.20. The lowest BCUT2D eigenvalue weighted by Crippen LogP contribution is -2.31. The first-order chi connectivity index (χ1) is 7.69. The van der Waals surface area contributed by atoms with Crippen molar-refractivity contribution < 1.29 is 4.42 Å². The molecule has 16 heavy (non-hydrogen) atoms. The molecule has 1 aromatic rings. The smallest absolute Gasteiger partial charge is 0.169 e. The van der Waals surface area contributed by atoms with Gasteiger partial charge in [-0.1, -0.05) is 19.8 Å². The van der Waals surface area contributed by atoms with Crippen molar-refractivity contribution in [3.05, 3.63) is 22.6 Å². The highest BCUT2D eigenvalue weighted by molar-refractivity contribution is 9.10. The number of hydrogen-bond acceptors (Lipinski definition) is 2. The van der Waals surface area contributed by atoms with Gasteiger partial charge in [0.1, 0.15) is 5.76 Å². The normalized spacial score (nSPS) is 19.7. The van der Waals surface area contributed by atoms with E-state index in [0.717, 1.165) is 16.3 Å². The van der Waals surface area contributed by atoms with Crippen LogP contribution in [-0.4, -0.2) is 6.04 Å². The first-order valence-electron chi connectivity index (χ1n) is 6.20. The van der Waals surface area contributed by atoms with Crippen molar-refractivity contribution in [1.82, 2.24) is 5.32 Å². The van der Waals surface area contributed by atoms with Crippen LogP contribution < -0.4 is 5.32 Å². The average Bonchev–Trinajstić information content (AvgIpc) is 2.97. The lowest BCUT2D eigenvalue weighted by molar-refractivity contribution is 0.356. The van der Waals surface area contributed by atoms with E-state index in [-0.39, 0.29) is 0 Å². The second-order valence-electron chi connectivity index (χ2n) is 4.81. The Hall–Kier alpha value is -0.280. The molecule has 1 aromatic heterocycles. The van der Waals surface area contributed by atoms with Gasteiger partial charge in [-0.25, -0.2) is 0 Å². The Labute approximate surface area is 106 Å². The Bertz CT molecular complexity index is 332. The first kappa shape index (κ1) is 12.2. The van der Waals surface area contributed by atoms with E-state index in [1.54, 1.807) is 0 Å². The number of halogens is 1. The minimum absolute atomic E-state index is 0.301. The maximum absolute atomic E-state index is 5.57. The molecular formula is C13H20BrNO. The molecule has 0 amide bonds. The molecule has 2 rings (SSSR count). The summed E-state index contributed by atoms with van der Waals surface area (Å²) in [4.78, 5) is 0. The van der Waals surface area contributed by atoms with Crippen molar-refractivity contribution in [2.24, 2.45) is 5.92 Å². The van der Waals surface area contributed by atoms with E-state index in [4.69, 9.17) is 4.42 Å². The molecule has 0 radical (unpaired) electrons. The van der Waals surface area contributed by atoms with Gasteiger partial charge < -0.3 is 9.73 Å². The van der Waals surface area contributed by atoms with Crippen LogP contribution in [0.1, 0.15) is 51.3 Å². The molecule has 2 unspecified atom stereocenters. The summed E-state index contributed by atoms with van der Waals surface area (Å²) in [5.41, 5.74) is 0. The van der Waals surface area contributed by atoms with Gasteiger partial charge in [-0.05, 0) is 53.7 Å². The molecular weight excluding hydrogens is 266 g/mol. The largest absolute Gasteiger partial charge is 0.453 e. The van der Waals surface area contributed by atoms with Crippen molar-refractivity contribution >= 4 is 15.9 Å². The molecule has 90 valence electrons. The molecule has 0 spiro atoms. The second-order valence-corrected chi connectivity index (χ2v) is 5.60. The molecule has 1 aliphatic rings. The summed E-state index contributed by atoms with van der Waals surface area (Å²) in [6.07, 6.45) is 5.38. The van der Waals surface area contributed by atoms with E-state index in [1.807, 2.05) is 12.1 Å². The SMILES string of the molecule is CCC(CC1CC1)NC(C)c1ccc(Br)o1. The minimum Gasteiger partial charge on any atom is -0.453 e. The third-order valence-corrected chi connectivity index (χ3v) is 3.74. The van der Waals surface area contributed by atoms with E-state index in [1.165, 1.54) is 25.7 Å². The summed E-state index contributed by atoms with van der Waals surface area (Å²) in [5.74, 6) is 1.99. The molecule has 3 heteroatoms. The fourth-order valence-corrected chi connectivity index (χ4v) is 2.42. The first-order valence-corrected chi connectivity index (χ1v) is 6.99. The number of furan rings is 1. The summed E-state index contributed by atoms with van der Waals surface area (Å²) in [7, 11) is 0. The molecule has 0 saturated heterocycles. The zero-order chi connectivity index (χ0) is 11.5. The summed E-state index contributed by atoms with van der Waals surface area (Å²) in [5, 5.41) is 3.65. The van der Waals surface area contributed by atoms with Crippen LogP contribution >= 0.6 is 15.9 Å². The van der Waals surface area contributed by atoms with Gasteiger partial charge in [0.2, 0.25) is 0 Å². The molecule has 2 nitrogen and oxygen atoms in total. The van der Waals surface area contributed by atoms with E-state index in [0.29, 0.717) is 12.1 Å². The topological polar surface area (TPSA) is 25.2 Å². The molecule has 0 aliphatic heterocycles. The van der Waals surface area contributed by atoms with Crippen molar-refractivity contribution in [3.8, 4) is 0 Å². The molecule has 1 aliphatic carbocycles. The van der Waals surface area contributed by atoms with Gasteiger partial charge in [0, 0.05) is 6.04 Å². The highest BCUT2D eigenvalue weighted by atomic mass is 79.9. The van der Waals surface area contributed by atoms with Crippen LogP contribution in [-0.2, 0) is 0 Å². The molecule has 0 aromatic carbocycles. The van der Waals surface area contributed by atoms with Gasteiger partial charge >= 0.3 is 0 Å². The predicted molar refractivity (Wildman–Crippen MR) is 69.4 cm³/mol. The monoisotopic (exact) mass is 285 g/mol. The van der Waals surface area contributed by atoms with Crippen molar-refractivity contribution in [2.75, 3.05) is 0 Å². The summed E-state index contributed by atoms with van der Waals surface area (Å²) in [6.45, 7) is 4.42. The van der Waals surface area contributed by atoms with E-state index in [2.05, 4.69) is 35.1 Å². The highest BCUT2D eigenvalue weighted by Crippen LogP contribution is 2.34. The second kappa shape index (κ2) is 5.37. The Kier molecular flexibility index (Phi) is 4.09. The van der Waals surface area contributed by atoms with Gasteiger partial charge in [0.05, 0.1) is 6.04 Å². The van der Waals surface area contributed by atoms with Crippen LogP contribution in [0.3, 0.4) is 0 Å². The summed E-state index contributed by atoms with van der Waals surface area (Å²) < 4.78 is 6.38. The van der Waals surface area contributed by atoms with Crippen molar-refractivity contribution in [2.45, 2.75) is 51.6 Å². The van der Waals surface area contributed by atoms with Crippen molar-refractivity contribution in [3.63, 3.8) is 0 Å². The highest BCUT2D eigenvalue weighted by Gasteiger charge is 2.25. The Morgan fingerprint density at radius 1 is 1.50 bits per heavy atom. The van der Waals surface area contributed by atoms with E-state index >= 15 is 0 Å². The molecule has 1 saturated carbocycles. The molecule has 1 heterocycles. The number of nitrogens with one attached hydrogen (secondary N) is 1. The fraction of sp³-hybridized carbons (Fsp3) is 0.692. The van der Waals surface area contributed by atoms with Gasteiger partial charge in [-0.15, -0.1) is 0 Å². The minimum atomic E-state index is 0.301. The Balaban J connectivity index is 1.86. The molecule has 1 N–H and O–H groups in total. The Morgan fingerprint density at radius 3 is 2.75 bits per heavy atom. The van der Waals surface area contributed by atoms with Crippen LogP contribution in [0.25, 0.3) is 0 Å².